The van der Waals surface area contributed by atoms with Gasteiger partial charge in [0.2, 0.25) is 0 Å². The SMILES string of the molecule is COc1cc(C(C#N)N2CCCCCC2)ccc1O. The van der Waals surface area contributed by atoms with Crippen molar-refractivity contribution >= 4 is 0 Å². The van der Waals surface area contributed by atoms with E-state index in [1.165, 1.54) is 20.0 Å². The van der Waals surface area contributed by atoms with E-state index in [0.717, 1.165) is 31.5 Å². The summed E-state index contributed by atoms with van der Waals surface area (Å²) in [6, 6.07) is 7.27. The fraction of sp³-hybridized carbons (Fsp3) is 0.533. The average Bonchev–Trinajstić information content (AvgIpc) is 2.70. The van der Waals surface area contributed by atoms with Crippen LogP contribution in [-0.4, -0.2) is 30.2 Å². The molecule has 0 saturated carbocycles. The van der Waals surface area contributed by atoms with E-state index < -0.39 is 0 Å². The van der Waals surface area contributed by atoms with Crippen molar-refractivity contribution in [3.63, 3.8) is 0 Å². The first-order valence-electron chi connectivity index (χ1n) is 6.77. The minimum absolute atomic E-state index is 0.110. The van der Waals surface area contributed by atoms with Crippen LogP contribution in [0, 0.1) is 11.3 Å². The van der Waals surface area contributed by atoms with Crippen LogP contribution in [0.2, 0.25) is 0 Å². The molecule has 0 amide bonds. The highest BCUT2D eigenvalue weighted by Gasteiger charge is 2.22. The molecule has 1 aliphatic heterocycles. The number of aromatic hydroxyl groups is 1. The Labute approximate surface area is 114 Å². The molecule has 1 saturated heterocycles. The van der Waals surface area contributed by atoms with Gasteiger partial charge in [-0.1, -0.05) is 18.9 Å². The fourth-order valence-electron chi connectivity index (χ4n) is 2.58. The van der Waals surface area contributed by atoms with Gasteiger partial charge in [-0.2, -0.15) is 5.26 Å². The smallest absolute Gasteiger partial charge is 0.160 e. The van der Waals surface area contributed by atoms with Crippen molar-refractivity contribution in [3.05, 3.63) is 23.8 Å². The second-order valence-electron chi connectivity index (χ2n) is 4.91. The second kappa shape index (κ2) is 6.44. The first-order chi connectivity index (χ1) is 9.26. The number of phenols is 1. The molecular weight excluding hydrogens is 240 g/mol. The van der Waals surface area contributed by atoms with Crippen LogP contribution < -0.4 is 4.74 Å². The summed E-state index contributed by atoms with van der Waals surface area (Å²) in [5, 5.41) is 19.1. The lowest BCUT2D eigenvalue weighted by Crippen LogP contribution is -2.28. The van der Waals surface area contributed by atoms with E-state index in [0.29, 0.717) is 5.75 Å². The highest BCUT2D eigenvalue weighted by atomic mass is 16.5. The number of nitriles is 1. The number of ether oxygens (including phenoxy) is 1. The maximum atomic E-state index is 9.62. The fourth-order valence-corrected chi connectivity index (χ4v) is 2.58. The molecule has 19 heavy (non-hydrogen) atoms. The van der Waals surface area contributed by atoms with Crippen LogP contribution >= 0.6 is 0 Å². The summed E-state index contributed by atoms with van der Waals surface area (Å²) < 4.78 is 5.11. The van der Waals surface area contributed by atoms with Crippen molar-refractivity contribution in [1.82, 2.24) is 4.90 Å². The normalized spacial score (nSPS) is 18.3. The van der Waals surface area contributed by atoms with Crippen LogP contribution in [0.4, 0.5) is 0 Å². The van der Waals surface area contributed by atoms with E-state index in [9.17, 15) is 10.4 Å². The van der Waals surface area contributed by atoms with Gasteiger partial charge in [-0.3, -0.25) is 4.90 Å². The summed E-state index contributed by atoms with van der Waals surface area (Å²) in [4.78, 5) is 2.22. The van der Waals surface area contributed by atoms with Gasteiger partial charge in [0.1, 0.15) is 6.04 Å². The largest absolute Gasteiger partial charge is 0.504 e. The van der Waals surface area contributed by atoms with Gasteiger partial charge >= 0.3 is 0 Å². The van der Waals surface area contributed by atoms with Crippen LogP contribution in [0.25, 0.3) is 0 Å². The molecule has 0 spiro atoms. The van der Waals surface area contributed by atoms with Gasteiger partial charge in [-0.15, -0.1) is 0 Å². The van der Waals surface area contributed by atoms with E-state index in [4.69, 9.17) is 4.74 Å². The van der Waals surface area contributed by atoms with Crippen molar-refractivity contribution in [2.45, 2.75) is 31.7 Å². The molecule has 1 fully saturated rings. The molecule has 0 aliphatic carbocycles. The number of rotatable bonds is 3. The number of hydrogen-bond acceptors (Lipinski definition) is 4. The Bertz CT molecular complexity index is 460. The minimum atomic E-state index is -0.257. The molecule has 1 N–H and O–H groups in total. The summed E-state index contributed by atoms with van der Waals surface area (Å²) >= 11 is 0. The quantitative estimate of drug-likeness (QED) is 0.908. The number of nitrogens with zero attached hydrogens (tertiary/aromatic N) is 2. The van der Waals surface area contributed by atoms with Gasteiger partial charge in [0.05, 0.1) is 13.2 Å². The lowest BCUT2D eigenvalue weighted by Gasteiger charge is -2.25. The third-order valence-corrected chi connectivity index (χ3v) is 3.65. The number of benzene rings is 1. The molecule has 1 aromatic rings. The van der Waals surface area contributed by atoms with Gasteiger partial charge < -0.3 is 9.84 Å². The molecule has 1 aromatic carbocycles. The lowest BCUT2D eigenvalue weighted by atomic mass is 10.1. The molecule has 1 aliphatic rings. The first-order valence-corrected chi connectivity index (χ1v) is 6.77. The standard InChI is InChI=1S/C15H20N2O2/c1-19-15-10-12(6-7-14(15)18)13(11-16)17-8-4-2-3-5-9-17/h6-7,10,13,18H,2-5,8-9H2,1H3. The van der Waals surface area contributed by atoms with Crippen molar-refractivity contribution in [2.75, 3.05) is 20.2 Å². The number of likely N-dealkylation sites (tertiary alicyclic amines) is 1. The van der Waals surface area contributed by atoms with Crippen LogP contribution in [0.1, 0.15) is 37.3 Å². The second-order valence-corrected chi connectivity index (χ2v) is 4.91. The first kappa shape index (κ1) is 13.7. The molecule has 0 radical (unpaired) electrons. The van der Waals surface area contributed by atoms with Crippen molar-refractivity contribution in [2.24, 2.45) is 0 Å². The van der Waals surface area contributed by atoms with Gasteiger partial charge in [-0.25, -0.2) is 0 Å². The Morgan fingerprint density at radius 3 is 2.53 bits per heavy atom. The zero-order chi connectivity index (χ0) is 13.7. The van der Waals surface area contributed by atoms with Crippen LogP contribution in [0.3, 0.4) is 0 Å². The molecule has 4 heteroatoms. The molecule has 102 valence electrons. The van der Waals surface area contributed by atoms with Crippen molar-refractivity contribution < 1.29 is 9.84 Å². The molecule has 4 nitrogen and oxygen atoms in total. The lowest BCUT2D eigenvalue weighted by molar-refractivity contribution is 0.245. The number of methoxy groups -OCH3 is 1. The van der Waals surface area contributed by atoms with Crippen molar-refractivity contribution in [1.29, 1.82) is 5.26 Å². The molecule has 1 heterocycles. The highest BCUT2D eigenvalue weighted by molar-refractivity contribution is 5.43. The Balaban J connectivity index is 2.23. The summed E-state index contributed by atoms with van der Waals surface area (Å²) in [5.74, 6) is 0.534. The van der Waals surface area contributed by atoms with Crippen LogP contribution in [0.15, 0.2) is 18.2 Å². The summed E-state index contributed by atoms with van der Waals surface area (Å²) in [6.45, 7) is 1.92. The van der Waals surface area contributed by atoms with Crippen LogP contribution in [0.5, 0.6) is 11.5 Å². The molecule has 0 bridgehead atoms. The highest BCUT2D eigenvalue weighted by Crippen LogP contribution is 2.31. The predicted octanol–water partition coefficient (Wildman–Crippen LogP) is 2.84. The van der Waals surface area contributed by atoms with E-state index >= 15 is 0 Å². The molecule has 0 aromatic heterocycles. The molecule has 1 atom stereocenters. The number of hydrogen-bond donors (Lipinski definition) is 1. The van der Waals surface area contributed by atoms with E-state index in [2.05, 4.69) is 11.0 Å². The minimum Gasteiger partial charge on any atom is -0.504 e. The van der Waals surface area contributed by atoms with Gasteiger partial charge in [0, 0.05) is 0 Å². The predicted molar refractivity (Wildman–Crippen MR) is 73.1 cm³/mol. The zero-order valence-corrected chi connectivity index (χ0v) is 11.3. The molecular formula is C15H20N2O2. The van der Waals surface area contributed by atoms with E-state index in [-0.39, 0.29) is 11.8 Å². The zero-order valence-electron chi connectivity index (χ0n) is 11.3. The maximum Gasteiger partial charge on any atom is 0.160 e. The van der Waals surface area contributed by atoms with Crippen molar-refractivity contribution in [3.8, 4) is 17.6 Å². The maximum absolute atomic E-state index is 9.62. The Hall–Kier alpha value is -1.73. The third-order valence-electron chi connectivity index (χ3n) is 3.65. The average molecular weight is 260 g/mol. The van der Waals surface area contributed by atoms with E-state index in [1.54, 1.807) is 18.2 Å². The molecule has 1 unspecified atom stereocenters. The monoisotopic (exact) mass is 260 g/mol. The Kier molecular flexibility index (Phi) is 4.64. The summed E-state index contributed by atoms with van der Waals surface area (Å²) in [5.41, 5.74) is 0.888. The van der Waals surface area contributed by atoms with Gasteiger partial charge in [-0.05, 0) is 43.6 Å². The van der Waals surface area contributed by atoms with Crippen LogP contribution in [-0.2, 0) is 0 Å². The van der Waals surface area contributed by atoms with Gasteiger partial charge in [0.15, 0.2) is 11.5 Å². The Morgan fingerprint density at radius 2 is 1.95 bits per heavy atom. The molecule has 2 rings (SSSR count). The topological polar surface area (TPSA) is 56.5 Å². The van der Waals surface area contributed by atoms with Gasteiger partial charge in [0.25, 0.3) is 0 Å². The Morgan fingerprint density at radius 1 is 1.26 bits per heavy atom. The summed E-state index contributed by atoms with van der Waals surface area (Å²) in [6.07, 6.45) is 4.78. The summed E-state index contributed by atoms with van der Waals surface area (Å²) in [7, 11) is 1.52. The third kappa shape index (κ3) is 3.18. The number of phenolic OH excluding ortho intramolecular Hbond substituents is 1. The van der Waals surface area contributed by atoms with E-state index in [1.807, 2.05) is 0 Å².